The van der Waals surface area contributed by atoms with Crippen LogP contribution in [-0.4, -0.2) is 71.0 Å². The predicted molar refractivity (Wildman–Crippen MR) is 131 cm³/mol. The molecule has 1 fully saturated rings. The normalized spacial score (nSPS) is 19.1. The second-order valence-corrected chi connectivity index (χ2v) is 7.83. The minimum atomic E-state index is 0. The van der Waals surface area contributed by atoms with Crippen molar-refractivity contribution in [1.82, 2.24) is 10.2 Å². The van der Waals surface area contributed by atoms with Crippen LogP contribution < -0.4 is 10.2 Å². The van der Waals surface area contributed by atoms with E-state index in [9.17, 15) is 0 Å². The van der Waals surface area contributed by atoms with Gasteiger partial charge in [0.05, 0.1) is 26.4 Å². The molecule has 7 heteroatoms. The van der Waals surface area contributed by atoms with Gasteiger partial charge in [0.1, 0.15) is 0 Å². The maximum absolute atomic E-state index is 5.72. The van der Waals surface area contributed by atoms with Crippen LogP contribution in [0.4, 0.5) is 5.69 Å². The van der Waals surface area contributed by atoms with E-state index < -0.39 is 0 Å². The molecule has 0 bridgehead atoms. The first-order valence-corrected chi connectivity index (χ1v) is 10.6. The van der Waals surface area contributed by atoms with Crippen LogP contribution in [0.5, 0.6) is 0 Å². The molecule has 1 aromatic carbocycles. The highest BCUT2D eigenvalue weighted by molar-refractivity contribution is 14.0. The molecule has 0 aromatic heterocycles. The SMILES string of the molecule is CCNC(=NCc1ccc2c(c1)CCCN2C)N1CCC(COCCOC)C1.I. The van der Waals surface area contributed by atoms with Crippen molar-refractivity contribution in [3.63, 3.8) is 0 Å². The van der Waals surface area contributed by atoms with Crippen LogP contribution in [0.3, 0.4) is 0 Å². The van der Waals surface area contributed by atoms with Crippen molar-refractivity contribution in [3.8, 4) is 0 Å². The van der Waals surface area contributed by atoms with E-state index in [1.807, 2.05) is 0 Å². The summed E-state index contributed by atoms with van der Waals surface area (Å²) in [6.45, 7) is 9.09. The molecule has 1 N–H and O–H groups in total. The van der Waals surface area contributed by atoms with Crippen molar-refractivity contribution in [3.05, 3.63) is 29.3 Å². The molecule has 29 heavy (non-hydrogen) atoms. The molecule has 2 heterocycles. The summed E-state index contributed by atoms with van der Waals surface area (Å²) in [4.78, 5) is 9.67. The van der Waals surface area contributed by atoms with Crippen LogP contribution in [0.15, 0.2) is 23.2 Å². The molecule has 0 aliphatic carbocycles. The first-order valence-electron chi connectivity index (χ1n) is 10.6. The largest absolute Gasteiger partial charge is 0.382 e. The third-order valence-electron chi connectivity index (χ3n) is 5.61. The molecule has 1 aromatic rings. The molecule has 2 aliphatic heterocycles. The zero-order valence-electron chi connectivity index (χ0n) is 18.2. The minimum Gasteiger partial charge on any atom is -0.382 e. The van der Waals surface area contributed by atoms with Crippen LogP contribution in [0.1, 0.15) is 30.9 Å². The molecular formula is C22H37IN4O2. The predicted octanol–water partition coefficient (Wildman–Crippen LogP) is 3.14. The topological polar surface area (TPSA) is 49.3 Å². The second-order valence-electron chi connectivity index (χ2n) is 7.83. The van der Waals surface area contributed by atoms with Gasteiger partial charge in [-0.1, -0.05) is 12.1 Å². The lowest BCUT2D eigenvalue weighted by atomic mass is 10.00. The first-order chi connectivity index (χ1) is 13.7. The molecule has 2 aliphatic rings. The fourth-order valence-electron chi connectivity index (χ4n) is 4.08. The number of nitrogens with one attached hydrogen (secondary N) is 1. The molecule has 0 amide bonds. The van der Waals surface area contributed by atoms with Gasteiger partial charge in [-0.25, -0.2) is 4.99 Å². The molecular weight excluding hydrogens is 479 g/mol. The van der Waals surface area contributed by atoms with Gasteiger partial charge in [0.15, 0.2) is 5.96 Å². The third kappa shape index (κ3) is 7.00. The van der Waals surface area contributed by atoms with E-state index in [1.165, 1.54) is 29.7 Å². The number of halogens is 1. The summed E-state index contributed by atoms with van der Waals surface area (Å²) in [6.07, 6.45) is 3.57. The number of methoxy groups -OCH3 is 1. The molecule has 0 radical (unpaired) electrons. The van der Waals surface area contributed by atoms with Crippen molar-refractivity contribution in [2.24, 2.45) is 10.9 Å². The number of guanidine groups is 1. The van der Waals surface area contributed by atoms with Crippen molar-refractivity contribution in [2.75, 3.05) is 65.1 Å². The summed E-state index contributed by atoms with van der Waals surface area (Å²) < 4.78 is 10.8. The second kappa shape index (κ2) is 12.6. The highest BCUT2D eigenvalue weighted by Crippen LogP contribution is 2.27. The van der Waals surface area contributed by atoms with E-state index in [-0.39, 0.29) is 24.0 Å². The lowest BCUT2D eigenvalue weighted by Crippen LogP contribution is -2.40. The van der Waals surface area contributed by atoms with Gasteiger partial charge in [-0.05, 0) is 43.4 Å². The quantitative estimate of drug-likeness (QED) is 0.249. The number of rotatable bonds is 8. The number of ether oxygens (including phenoxy) is 2. The molecule has 1 saturated heterocycles. The van der Waals surface area contributed by atoms with E-state index in [0.717, 1.165) is 51.7 Å². The highest BCUT2D eigenvalue weighted by Gasteiger charge is 2.25. The number of anilines is 1. The Morgan fingerprint density at radius 3 is 2.93 bits per heavy atom. The molecule has 0 spiro atoms. The zero-order chi connectivity index (χ0) is 19.8. The van der Waals surface area contributed by atoms with Gasteiger partial charge in [0.2, 0.25) is 0 Å². The Kier molecular flexibility index (Phi) is 10.5. The molecule has 1 unspecified atom stereocenters. The first kappa shape index (κ1) is 24.2. The Hall–Kier alpha value is -1.06. The summed E-state index contributed by atoms with van der Waals surface area (Å²) in [5.41, 5.74) is 4.13. The molecule has 1 atom stereocenters. The van der Waals surface area contributed by atoms with E-state index in [4.69, 9.17) is 14.5 Å². The lowest BCUT2D eigenvalue weighted by molar-refractivity contribution is 0.0536. The number of aliphatic imine (C=N–C) groups is 1. The van der Waals surface area contributed by atoms with Crippen molar-refractivity contribution in [2.45, 2.75) is 32.7 Å². The van der Waals surface area contributed by atoms with Gasteiger partial charge in [-0.2, -0.15) is 0 Å². The van der Waals surface area contributed by atoms with Gasteiger partial charge in [0.25, 0.3) is 0 Å². The number of aryl methyl sites for hydroxylation is 1. The van der Waals surface area contributed by atoms with Crippen LogP contribution in [0.25, 0.3) is 0 Å². The van der Waals surface area contributed by atoms with Crippen LogP contribution in [-0.2, 0) is 22.4 Å². The monoisotopic (exact) mass is 516 g/mol. The number of hydrogen-bond donors (Lipinski definition) is 1. The minimum absolute atomic E-state index is 0. The fourth-order valence-corrected chi connectivity index (χ4v) is 4.08. The van der Waals surface area contributed by atoms with Gasteiger partial charge in [-0.15, -0.1) is 24.0 Å². The fraction of sp³-hybridized carbons (Fsp3) is 0.682. The smallest absolute Gasteiger partial charge is 0.194 e. The highest BCUT2D eigenvalue weighted by atomic mass is 127. The molecule has 6 nitrogen and oxygen atoms in total. The number of benzene rings is 1. The standard InChI is InChI=1S/C22H36N4O2.HI/c1-4-23-22(26-11-9-19(16-26)17-28-13-12-27-3)24-15-18-7-8-21-20(14-18)6-5-10-25(21)2;/h7-8,14,19H,4-6,9-13,15-17H2,1-3H3,(H,23,24);1H. The summed E-state index contributed by atoms with van der Waals surface area (Å²) in [6, 6.07) is 6.83. The summed E-state index contributed by atoms with van der Waals surface area (Å²) >= 11 is 0. The van der Waals surface area contributed by atoms with Crippen LogP contribution in [0.2, 0.25) is 0 Å². The van der Waals surface area contributed by atoms with Crippen molar-refractivity contribution < 1.29 is 9.47 Å². The van der Waals surface area contributed by atoms with E-state index in [2.05, 4.69) is 47.3 Å². The molecule has 0 saturated carbocycles. The average molecular weight is 516 g/mol. The number of likely N-dealkylation sites (tertiary alicyclic amines) is 1. The van der Waals surface area contributed by atoms with Gasteiger partial charge < -0.3 is 24.6 Å². The zero-order valence-corrected chi connectivity index (χ0v) is 20.5. The Morgan fingerprint density at radius 2 is 2.14 bits per heavy atom. The maximum atomic E-state index is 5.72. The number of fused-ring (bicyclic) bond motifs is 1. The molecule has 164 valence electrons. The Balaban J connectivity index is 0.00000300. The van der Waals surface area contributed by atoms with E-state index >= 15 is 0 Å². The summed E-state index contributed by atoms with van der Waals surface area (Å²) in [7, 11) is 3.89. The lowest BCUT2D eigenvalue weighted by Gasteiger charge is -2.27. The van der Waals surface area contributed by atoms with Crippen molar-refractivity contribution in [1.29, 1.82) is 0 Å². The number of hydrogen-bond acceptors (Lipinski definition) is 4. The summed E-state index contributed by atoms with van der Waals surface area (Å²) in [5.74, 6) is 1.59. The Labute approximate surface area is 193 Å². The van der Waals surface area contributed by atoms with E-state index in [1.54, 1.807) is 7.11 Å². The van der Waals surface area contributed by atoms with Crippen molar-refractivity contribution >= 4 is 35.6 Å². The number of nitrogens with zero attached hydrogens (tertiary/aromatic N) is 3. The van der Waals surface area contributed by atoms with Crippen LogP contribution >= 0.6 is 24.0 Å². The summed E-state index contributed by atoms with van der Waals surface area (Å²) in [5, 5.41) is 3.47. The van der Waals surface area contributed by atoms with Gasteiger partial charge in [0, 0.05) is 51.9 Å². The van der Waals surface area contributed by atoms with Gasteiger partial charge in [-0.3, -0.25) is 0 Å². The Bertz CT molecular complexity index is 656. The molecule has 3 rings (SSSR count). The third-order valence-corrected chi connectivity index (χ3v) is 5.61. The maximum Gasteiger partial charge on any atom is 0.194 e. The van der Waals surface area contributed by atoms with Crippen LogP contribution in [0, 0.1) is 5.92 Å². The van der Waals surface area contributed by atoms with E-state index in [0.29, 0.717) is 19.1 Å². The Morgan fingerprint density at radius 1 is 1.28 bits per heavy atom. The van der Waals surface area contributed by atoms with Gasteiger partial charge >= 0.3 is 0 Å². The average Bonchev–Trinajstić information content (AvgIpc) is 3.17.